The van der Waals surface area contributed by atoms with E-state index in [0.717, 1.165) is 15.1 Å². The minimum atomic E-state index is 0.183. The number of amides is 1. The highest BCUT2D eigenvalue weighted by Crippen LogP contribution is 2.21. The molecular weight excluding hydrogens is 344 g/mol. The Morgan fingerprint density at radius 3 is 2.85 bits per heavy atom. The minimum Gasteiger partial charge on any atom is -0.378 e. The molecule has 1 N–H and O–H groups in total. The molecular formula is C14H18BrClN2O2. The van der Waals surface area contributed by atoms with Crippen LogP contribution in [0.5, 0.6) is 0 Å². The zero-order valence-corrected chi connectivity index (χ0v) is 13.5. The van der Waals surface area contributed by atoms with E-state index in [2.05, 4.69) is 21.2 Å². The Bertz CT molecular complexity index is 464. The van der Waals surface area contributed by atoms with Crippen LogP contribution >= 0.6 is 27.5 Å². The zero-order chi connectivity index (χ0) is 14.4. The van der Waals surface area contributed by atoms with Crippen LogP contribution in [0.1, 0.15) is 12.0 Å². The van der Waals surface area contributed by atoms with Gasteiger partial charge in [0.25, 0.3) is 0 Å². The quantitative estimate of drug-likeness (QED) is 0.819. The van der Waals surface area contributed by atoms with Gasteiger partial charge >= 0.3 is 0 Å². The molecule has 0 atom stereocenters. The molecule has 1 fully saturated rings. The van der Waals surface area contributed by atoms with Crippen LogP contribution in [0.25, 0.3) is 0 Å². The number of halogens is 2. The Morgan fingerprint density at radius 1 is 1.40 bits per heavy atom. The number of rotatable bonds is 5. The summed E-state index contributed by atoms with van der Waals surface area (Å²) in [5.74, 6) is 0.183. The van der Waals surface area contributed by atoms with Crippen molar-refractivity contribution in [2.75, 3.05) is 32.8 Å². The Hall–Kier alpha value is -0.620. The summed E-state index contributed by atoms with van der Waals surface area (Å²) in [4.78, 5) is 13.8. The second-order valence-corrected chi connectivity index (χ2v) is 5.98. The first-order valence-corrected chi connectivity index (χ1v) is 7.84. The summed E-state index contributed by atoms with van der Waals surface area (Å²) in [7, 11) is 0. The highest BCUT2D eigenvalue weighted by atomic mass is 79.9. The van der Waals surface area contributed by atoms with Crippen molar-refractivity contribution in [1.29, 1.82) is 0 Å². The molecule has 1 aromatic carbocycles. The fraction of sp³-hybridized carbons (Fsp3) is 0.500. The number of hydrogen-bond donors (Lipinski definition) is 1. The van der Waals surface area contributed by atoms with Gasteiger partial charge in [-0.15, -0.1) is 0 Å². The number of ether oxygens (including phenoxy) is 1. The fourth-order valence-electron chi connectivity index (χ4n) is 2.05. The highest BCUT2D eigenvalue weighted by molar-refractivity contribution is 9.10. The van der Waals surface area contributed by atoms with E-state index in [1.54, 1.807) is 0 Å². The van der Waals surface area contributed by atoms with Crippen LogP contribution < -0.4 is 5.32 Å². The zero-order valence-electron chi connectivity index (χ0n) is 11.2. The molecule has 1 saturated heterocycles. The Morgan fingerprint density at radius 2 is 2.15 bits per heavy atom. The largest absolute Gasteiger partial charge is 0.378 e. The molecule has 1 aromatic rings. The minimum absolute atomic E-state index is 0.183. The molecule has 110 valence electrons. The second-order valence-electron chi connectivity index (χ2n) is 4.66. The first kappa shape index (κ1) is 15.8. The number of nitrogens with one attached hydrogen (secondary N) is 1. The molecule has 20 heavy (non-hydrogen) atoms. The van der Waals surface area contributed by atoms with E-state index >= 15 is 0 Å². The molecule has 1 amide bonds. The molecule has 0 aromatic heterocycles. The van der Waals surface area contributed by atoms with E-state index < -0.39 is 0 Å². The molecule has 0 spiro atoms. The van der Waals surface area contributed by atoms with Gasteiger partial charge in [0.1, 0.15) is 0 Å². The van der Waals surface area contributed by atoms with Crippen molar-refractivity contribution in [3.05, 3.63) is 33.3 Å². The Labute approximate surface area is 132 Å². The van der Waals surface area contributed by atoms with Crippen molar-refractivity contribution in [3.63, 3.8) is 0 Å². The molecule has 2 rings (SSSR count). The number of carbonyl (C=O) groups is 1. The van der Waals surface area contributed by atoms with Crippen molar-refractivity contribution in [2.24, 2.45) is 0 Å². The van der Waals surface area contributed by atoms with E-state index in [4.69, 9.17) is 16.3 Å². The van der Waals surface area contributed by atoms with Gasteiger partial charge in [0.15, 0.2) is 0 Å². The van der Waals surface area contributed by atoms with Crippen molar-refractivity contribution in [1.82, 2.24) is 10.2 Å². The average Bonchev–Trinajstić information content (AvgIpc) is 2.46. The van der Waals surface area contributed by atoms with Crippen LogP contribution in [-0.2, 0) is 16.1 Å². The lowest BCUT2D eigenvalue weighted by Gasteiger charge is -2.26. The summed E-state index contributed by atoms with van der Waals surface area (Å²) in [6.45, 7) is 4.03. The number of nitrogens with zero attached hydrogens (tertiary/aromatic N) is 1. The maximum Gasteiger partial charge on any atom is 0.224 e. The van der Waals surface area contributed by atoms with Gasteiger partial charge < -0.3 is 15.0 Å². The first-order chi connectivity index (χ1) is 9.66. The second kappa shape index (κ2) is 7.98. The van der Waals surface area contributed by atoms with E-state index in [9.17, 15) is 4.79 Å². The van der Waals surface area contributed by atoms with Gasteiger partial charge in [0, 0.05) is 42.1 Å². The third-order valence-corrected chi connectivity index (χ3v) is 4.06. The normalized spacial score (nSPS) is 15.4. The molecule has 6 heteroatoms. The van der Waals surface area contributed by atoms with Crippen LogP contribution in [0.4, 0.5) is 0 Å². The maximum atomic E-state index is 11.9. The van der Waals surface area contributed by atoms with Crippen molar-refractivity contribution < 1.29 is 9.53 Å². The van der Waals surface area contributed by atoms with Gasteiger partial charge in [0.2, 0.25) is 5.91 Å². The third-order valence-electron chi connectivity index (χ3n) is 3.21. The summed E-state index contributed by atoms with van der Waals surface area (Å²) in [6, 6.07) is 5.81. The number of hydrogen-bond acceptors (Lipinski definition) is 3. The average molecular weight is 362 g/mol. The molecule has 1 aliphatic heterocycles. The van der Waals surface area contributed by atoms with Crippen molar-refractivity contribution in [3.8, 4) is 0 Å². The number of carbonyl (C=O) groups excluding carboxylic acids is 1. The lowest BCUT2D eigenvalue weighted by Crippen LogP contribution is -2.41. The van der Waals surface area contributed by atoms with E-state index in [1.165, 1.54) is 0 Å². The monoisotopic (exact) mass is 360 g/mol. The topological polar surface area (TPSA) is 41.6 Å². The van der Waals surface area contributed by atoms with Gasteiger partial charge in [0.05, 0.1) is 13.2 Å². The van der Waals surface area contributed by atoms with E-state index in [0.29, 0.717) is 45.8 Å². The van der Waals surface area contributed by atoms with Gasteiger partial charge in [-0.25, -0.2) is 0 Å². The van der Waals surface area contributed by atoms with Crippen molar-refractivity contribution >= 4 is 33.4 Å². The van der Waals surface area contributed by atoms with Gasteiger partial charge in [-0.1, -0.05) is 33.6 Å². The summed E-state index contributed by atoms with van der Waals surface area (Å²) in [5.41, 5.74) is 1.04. The van der Waals surface area contributed by atoms with Gasteiger partial charge in [-0.2, -0.15) is 0 Å². The molecule has 0 saturated carbocycles. The fourth-order valence-corrected chi connectivity index (χ4v) is 2.79. The molecule has 1 aliphatic rings. The predicted molar refractivity (Wildman–Crippen MR) is 82.9 cm³/mol. The highest BCUT2D eigenvalue weighted by Gasteiger charge is 2.15. The van der Waals surface area contributed by atoms with E-state index in [-0.39, 0.29) is 5.91 Å². The molecule has 0 radical (unpaired) electrons. The SMILES string of the molecule is O=C(CCNCc1ccc(Br)cc1Cl)N1CCOCC1. The van der Waals surface area contributed by atoms with Crippen LogP contribution in [0.3, 0.4) is 0 Å². The summed E-state index contributed by atoms with van der Waals surface area (Å²) in [6.07, 6.45) is 0.508. The Kier molecular flexibility index (Phi) is 6.29. The molecule has 1 heterocycles. The maximum absolute atomic E-state index is 11.9. The molecule has 0 bridgehead atoms. The van der Waals surface area contributed by atoms with E-state index in [1.807, 2.05) is 23.1 Å². The number of morpholine rings is 1. The molecule has 0 unspecified atom stereocenters. The standard InChI is InChI=1S/C14H18BrClN2O2/c15-12-2-1-11(13(16)9-12)10-17-4-3-14(19)18-5-7-20-8-6-18/h1-2,9,17H,3-8,10H2. The number of benzene rings is 1. The molecule has 0 aliphatic carbocycles. The van der Waals surface area contributed by atoms with Crippen LogP contribution in [-0.4, -0.2) is 43.7 Å². The molecule has 4 nitrogen and oxygen atoms in total. The van der Waals surface area contributed by atoms with Crippen molar-refractivity contribution in [2.45, 2.75) is 13.0 Å². The first-order valence-electron chi connectivity index (χ1n) is 6.67. The summed E-state index contributed by atoms with van der Waals surface area (Å²) >= 11 is 9.51. The predicted octanol–water partition coefficient (Wildman–Crippen LogP) is 2.44. The van der Waals surface area contributed by atoms with Crippen LogP contribution in [0.15, 0.2) is 22.7 Å². The lowest BCUT2D eigenvalue weighted by atomic mass is 10.2. The van der Waals surface area contributed by atoms with Crippen LogP contribution in [0.2, 0.25) is 5.02 Å². The third kappa shape index (κ3) is 4.74. The Balaban J connectivity index is 1.69. The smallest absolute Gasteiger partial charge is 0.224 e. The van der Waals surface area contributed by atoms with Gasteiger partial charge in [-0.05, 0) is 17.7 Å². The summed E-state index contributed by atoms with van der Waals surface area (Å²) in [5, 5.41) is 3.98. The lowest BCUT2D eigenvalue weighted by molar-refractivity contribution is -0.135. The summed E-state index contributed by atoms with van der Waals surface area (Å²) < 4.78 is 6.19. The van der Waals surface area contributed by atoms with Crippen LogP contribution in [0, 0.1) is 0 Å². The van der Waals surface area contributed by atoms with Gasteiger partial charge in [-0.3, -0.25) is 4.79 Å².